The molecule has 0 heterocycles. The second-order valence-electron chi connectivity index (χ2n) is 4.82. The number of carbonyl (C=O) groups is 2. The van der Waals surface area contributed by atoms with Crippen molar-refractivity contribution >= 4 is 11.6 Å². The Bertz CT molecular complexity index is 558. The van der Waals surface area contributed by atoms with Crippen LogP contribution in [-0.4, -0.2) is 11.6 Å². The second-order valence-corrected chi connectivity index (χ2v) is 4.82. The molecule has 86 valence electrons. The summed E-state index contributed by atoms with van der Waals surface area (Å²) in [5, 5.41) is 0. The largest absolute Gasteiger partial charge is 0.288 e. The first-order valence-electron chi connectivity index (χ1n) is 5.05. The van der Waals surface area contributed by atoms with Crippen molar-refractivity contribution in [1.82, 2.24) is 0 Å². The molecular formula is C13H12N2O2. The molecule has 0 fully saturated rings. The molecule has 0 saturated carbocycles. The topological polar surface area (TPSA) is 42.9 Å². The summed E-state index contributed by atoms with van der Waals surface area (Å²) in [6.07, 6.45) is 0. The molecule has 1 rings (SSSR count). The third-order valence-corrected chi connectivity index (χ3v) is 2.53. The van der Waals surface area contributed by atoms with Gasteiger partial charge in [-0.15, -0.1) is 0 Å². The minimum Gasteiger partial charge on any atom is -0.288 e. The maximum atomic E-state index is 11.9. The molecule has 0 N–H and O–H groups in total. The number of allylic oxidation sites excluding steroid dienone is 3. The van der Waals surface area contributed by atoms with Crippen LogP contribution in [0.4, 0.5) is 0 Å². The van der Waals surface area contributed by atoms with Gasteiger partial charge in [0.25, 0.3) is 0 Å². The zero-order valence-electron chi connectivity index (χ0n) is 10.2. The standard InChI is InChI=1S/C13H12N2O2/c1-7(14-5)8-10(15-6)9(13(2,3)4)12(17)11(8)16/h1-4H3/b8-7+. The van der Waals surface area contributed by atoms with E-state index < -0.39 is 17.0 Å². The van der Waals surface area contributed by atoms with Crippen molar-refractivity contribution in [1.29, 1.82) is 0 Å². The summed E-state index contributed by atoms with van der Waals surface area (Å²) >= 11 is 0. The van der Waals surface area contributed by atoms with E-state index in [0.717, 1.165) is 0 Å². The molecule has 0 amide bonds. The first-order chi connectivity index (χ1) is 7.75. The molecule has 0 saturated heterocycles. The summed E-state index contributed by atoms with van der Waals surface area (Å²) in [5.41, 5.74) is -0.230. The van der Waals surface area contributed by atoms with Gasteiger partial charge in [-0.3, -0.25) is 9.59 Å². The molecule has 4 heteroatoms. The molecular weight excluding hydrogens is 216 g/mol. The van der Waals surface area contributed by atoms with Gasteiger partial charge in [0, 0.05) is 11.1 Å². The zero-order chi connectivity index (χ0) is 13.4. The number of ketones is 2. The number of hydrogen-bond donors (Lipinski definition) is 0. The summed E-state index contributed by atoms with van der Waals surface area (Å²) in [5.74, 6) is -1.38. The average molecular weight is 228 g/mol. The normalized spacial score (nSPS) is 19.2. The van der Waals surface area contributed by atoms with Crippen LogP contribution >= 0.6 is 0 Å². The van der Waals surface area contributed by atoms with Gasteiger partial charge in [-0.25, -0.2) is 9.69 Å². The molecule has 0 atom stereocenters. The van der Waals surface area contributed by atoms with E-state index in [4.69, 9.17) is 13.1 Å². The highest BCUT2D eigenvalue weighted by Gasteiger charge is 2.42. The molecule has 0 aliphatic heterocycles. The smallest absolute Gasteiger partial charge is 0.217 e. The monoisotopic (exact) mass is 228 g/mol. The first-order valence-corrected chi connectivity index (χ1v) is 5.05. The molecule has 0 unspecified atom stereocenters. The highest BCUT2D eigenvalue weighted by molar-refractivity contribution is 6.54. The highest BCUT2D eigenvalue weighted by Crippen LogP contribution is 2.39. The van der Waals surface area contributed by atoms with Gasteiger partial charge in [0.15, 0.2) is 11.4 Å². The van der Waals surface area contributed by atoms with E-state index in [1.54, 1.807) is 20.8 Å². The van der Waals surface area contributed by atoms with Crippen molar-refractivity contribution in [2.24, 2.45) is 5.41 Å². The Morgan fingerprint density at radius 1 is 1.12 bits per heavy atom. The Hall–Kier alpha value is -2.20. The van der Waals surface area contributed by atoms with E-state index >= 15 is 0 Å². The Labute approximate surface area is 100 Å². The van der Waals surface area contributed by atoms with Crippen LogP contribution in [0.1, 0.15) is 27.7 Å². The van der Waals surface area contributed by atoms with Gasteiger partial charge in [-0.1, -0.05) is 20.8 Å². The summed E-state index contributed by atoms with van der Waals surface area (Å²) in [6, 6.07) is 0. The van der Waals surface area contributed by atoms with Gasteiger partial charge < -0.3 is 0 Å². The van der Waals surface area contributed by atoms with E-state index in [9.17, 15) is 9.59 Å². The highest BCUT2D eigenvalue weighted by atomic mass is 16.2. The van der Waals surface area contributed by atoms with Gasteiger partial charge in [0.05, 0.1) is 13.1 Å². The van der Waals surface area contributed by atoms with Crippen molar-refractivity contribution < 1.29 is 9.59 Å². The van der Waals surface area contributed by atoms with Crippen LogP contribution in [0.3, 0.4) is 0 Å². The second kappa shape index (κ2) is 3.99. The van der Waals surface area contributed by atoms with Crippen molar-refractivity contribution in [3.8, 4) is 0 Å². The predicted octanol–water partition coefficient (Wildman–Crippen LogP) is 2.55. The first kappa shape index (κ1) is 12.9. The van der Waals surface area contributed by atoms with Gasteiger partial charge in [-0.2, -0.15) is 0 Å². The van der Waals surface area contributed by atoms with Crippen LogP contribution in [0, 0.1) is 18.6 Å². The minimum absolute atomic E-state index is 0.0232. The van der Waals surface area contributed by atoms with Crippen molar-refractivity contribution in [3.05, 3.63) is 45.4 Å². The molecule has 4 nitrogen and oxygen atoms in total. The zero-order valence-corrected chi connectivity index (χ0v) is 10.2. The van der Waals surface area contributed by atoms with Crippen LogP contribution in [0.15, 0.2) is 22.5 Å². The fourth-order valence-electron chi connectivity index (χ4n) is 1.77. The van der Waals surface area contributed by atoms with Crippen LogP contribution in [-0.2, 0) is 9.59 Å². The van der Waals surface area contributed by atoms with Crippen LogP contribution < -0.4 is 0 Å². The molecule has 0 bridgehead atoms. The van der Waals surface area contributed by atoms with Gasteiger partial charge >= 0.3 is 0 Å². The van der Waals surface area contributed by atoms with Crippen LogP contribution in [0.25, 0.3) is 9.69 Å². The predicted molar refractivity (Wildman–Crippen MR) is 62.4 cm³/mol. The van der Waals surface area contributed by atoms with Gasteiger partial charge in [0.2, 0.25) is 11.6 Å². The number of Topliss-reactive ketones (excluding diaryl/α,β-unsaturated/α-hetero) is 2. The van der Waals surface area contributed by atoms with E-state index in [1.807, 2.05) is 0 Å². The maximum Gasteiger partial charge on any atom is 0.217 e. The molecule has 17 heavy (non-hydrogen) atoms. The Morgan fingerprint density at radius 2 is 1.65 bits per heavy atom. The van der Waals surface area contributed by atoms with E-state index in [-0.39, 0.29) is 22.5 Å². The van der Waals surface area contributed by atoms with Crippen molar-refractivity contribution in [3.63, 3.8) is 0 Å². The van der Waals surface area contributed by atoms with Crippen molar-refractivity contribution in [2.45, 2.75) is 27.7 Å². The van der Waals surface area contributed by atoms with Gasteiger partial charge in [-0.05, 0) is 12.3 Å². The SMILES string of the molecule is [C-]#[N+]C1=C(C(C)(C)C)C(=O)C(=O)/C1=C(\C)[N+]#[C-]. The number of carbonyl (C=O) groups excluding carboxylic acids is 2. The molecule has 1 aliphatic rings. The molecule has 0 aromatic rings. The fourth-order valence-corrected chi connectivity index (χ4v) is 1.77. The Morgan fingerprint density at radius 3 is 2.00 bits per heavy atom. The maximum absolute atomic E-state index is 11.9. The average Bonchev–Trinajstić information content (AvgIpc) is 2.49. The van der Waals surface area contributed by atoms with Crippen LogP contribution in [0.5, 0.6) is 0 Å². The Balaban J connectivity index is 3.70. The minimum atomic E-state index is -0.727. The Kier molecular flexibility index (Phi) is 3.02. The molecule has 0 spiro atoms. The lowest BCUT2D eigenvalue weighted by molar-refractivity contribution is -0.131. The van der Waals surface area contributed by atoms with E-state index in [1.165, 1.54) is 6.92 Å². The van der Waals surface area contributed by atoms with Crippen molar-refractivity contribution in [2.75, 3.05) is 0 Å². The third kappa shape index (κ3) is 1.90. The molecule has 1 aliphatic carbocycles. The number of hydrogen-bond acceptors (Lipinski definition) is 2. The lowest BCUT2D eigenvalue weighted by atomic mass is 9.85. The molecule has 0 aromatic carbocycles. The third-order valence-electron chi connectivity index (χ3n) is 2.53. The van der Waals surface area contributed by atoms with Crippen LogP contribution in [0.2, 0.25) is 0 Å². The van der Waals surface area contributed by atoms with E-state index in [0.29, 0.717) is 0 Å². The summed E-state index contributed by atoms with van der Waals surface area (Å²) in [6.45, 7) is 20.8. The summed E-state index contributed by atoms with van der Waals surface area (Å²) in [7, 11) is 0. The quantitative estimate of drug-likeness (QED) is 0.363. The van der Waals surface area contributed by atoms with E-state index in [2.05, 4.69) is 9.69 Å². The molecule has 0 radical (unpaired) electrons. The number of nitrogens with zero attached hydrogens (tertiary/aromatic N) is 2. The van der Waals surface area contributed by atoms with Gasteiger partial charge in [0.1, 0.15) is 0 Å². The fraction of sp³-hybridized carbons (Fsp3) is 0.385. The lowest BCUT2D eigenvalue weighted by Gasteiger charge is -2.19. The lowest BCUT2D eigenvalue weighted by Crippen LogP contribution is -2.19. The number of rotatable bonds is 0. The molecule has 0 aromatic heterocycles. The summed E-state index contributed by atoms with van der Waals surface area (Å²) in [4.78, 5) is 30.1. The summed E-state index contributed by atoms with van der Waals surface area (Å²) < 4.78 is 0.